The highest BCUT2D eigenvalue weighted by Crippen LogP contribution is 2.40. The van der Waals surface area contributed by atoms with Crippen LogP contribution in [0.25, 0.3) is 17.1 Å². The van der Waals surface area contributed by atoms with Gasteiger partial charge in [0.25, 0.3) is 0 Å². The van der Waals surface area contributed by atoms with Crippen molar-refractivity contribution in [1.82, 2.24) is 14.3 Å². The maximum absolute atomic E-state index is 11.5. The first-order chi connectivity index (χ1) is 11.0. The Morgan fingerprint density at radius 3 is 2.65 bits per heavy atom. The molecule has 2 aromatic heterocycles. The third-order valence-electron chi connectivity index (χ3n) is 3.81. The molecule has 0 saturated carbocycles. The third-order valence-corrected chi connectivity index (χ3v) is 4.68. The van der Waals surface area contributed by atoms with Gasteiger partial charge in [-0.2, -0.15) is 5.10 Å². The molecule has 0 aliphatic carbocycles. The summed E-state index contributed by atoms with van der Waals surface area (Å²) >= 11 is 18.4. The smallest absolute Gasteiger partial charge is 0.356 e. The van der Waals surface area contributed by atoms with Crippen molar-refractivity contribution in [1.29, 1.82) is 0 Å². The number of aromatic carboxylic acids is 1. The number of rotatable bonds is 2. The highest BCUT2D eigenvalue weighted by Gasteiger charge is 2.32. The summed E-state index contributed by atoms with van der Waals surface area (Å²) in [6.07, 6.45) is 0. The monoisotopic (exact) mass is 367 g/mol. The first-order valence-electron chi connectivity index (χ1n) is 6.63. The van der Waals surface area contributed by atoms with Crippen LogP contribution in [-0.4, -0.2) is 25.4 Å². The summed E-state index contributed by atoms with van der Waals surface area (Å²) in [4.78, 5) is 11.5. The highest BCUT2D eigenvalue weighted by atomic mass is 35.5. The van der Waals surface area contributed by atoms with Gasteiger partial charge in [0, 0.05) is 10.6 Å². The van der Waals surface area contributed by atoms with E-state index >= 15 is 0 Å². The van der Waals surface area contributed by atoms with Crippen molar-refractivity contribution >= 4 is 40.8 Å². The largest absolute Gasteiger partial charge is 0.476 e. The molecule has 4 rings (SSSR count). The highest BCUT2D eigenvalue weighted by molar-refractivity contribution is 6.35. The van der Waals surface area contributed by atoms with E-state index in [1.807, 2.05) is 10.6 Å². The van der Waals surface area contributed by atoms with Gasteiger partial charge in [-0.1, -0.05) is 34.8 Å². The molecule has 1 aliphatic heterocycles. The number of aromatic nitrogens is 3. The Kier molecular flexibility index (Phi) is 3.20. The van der Waals surface area contributed by atoms with Crippen LogP contribution >= 0.6 is 34.8 Å². The molecule has 1 aromatic carbocycles. The maximum Gasteiger partial charge on any atom is 0.356 e. The Hall–Kier alpha value is -1.95. The Bertz CT molecular complexity index is 975. The molecule has 1 aliphatic rings. The standard InChI is InChI=1S/C15H8Cl3N3O2/c16-7-1-2-10(9(17)5-7)21-14-8(13(19-21)15(22)23)6-20-11(14)3-4-12(20)18/h1-5H,6H2,(H,22,23). The van der Waals surface area contributed by atoms with Crippen molar-refractivity contribution in [3.8, 4) is 17.1 Å². The van der Waals surface area contributed by atoms with Crippen molar-refractivity contribution in [2.45, 2.75) is 6.54 Å². The summed E-state index contributed by atoms with van der Waals surface area (Å²) < 4.78 is 3.37. The minimum Gasteiger partial charge on any atom is -0.476 e. The Morgan fingerprint density at radius 2 is 1.96 bits per heavy atom. The van der Waals surface area contributed by atoms with Crippen LogP contribution in [0.4, 0.5) is 0 Å². The zero-order valence-electron chi connectivity index (χ0n) is 11.4. The second-order valence-corrected chi connectivity index (χ2v) is 6.35. The molecule has 0 fully saturated rings. The molecular formula is C15H8Cl3N3O2. The molecule has 8 heteroatoms. The fourth-order valence-electron chi connectivity index (χ4n) is 2.83. The average molecular weight is 369 g/mol. The van der Waals surface area contributed by atoms with E-state index < -0.39 is 5.97 Å². The van der Waals surface area contributed by atoms with Gasteiger partial charge in [0.1, 0.15) is 5.15 Å². The molecule has 3 heterocycles. The lowest BCUT2D eigenvalue weighted by atomic mass is 10.2. The van der Waals surface area contributed by atoms with Crippen LogP contribution in [0.5, 0.6) is 0 Å². The molecule has 116 valence electrons. The first kappa shape index (κ1) is 14.6. The lowest BCUT2D eigenvalue weighted by Crippen LogP contribution is -2.06. The van der Waals surface area contributed by atoms with E-state index in [1.165, 1.54) is 4.68 Å². The number of hydrogen-bond donors (Lipinski definition) is 1. The topological polar surface area (TPSA) is 60.0 Å². The number of carboxylic acids is 1. The molecule has 5 nitrogen and oxygen atoms in total. The maximum atomic E-state index is 11.5. The normalized spacial score (nSPS) is 12.3. The summed E-state index contributed by atoms with van der Waals surface area (Å²) in [7, 11) is 0. The van der Waals surface area contributed by atoms with Gasteiger partial charge < -0.3 is 9.67 Å². The van der Waals surface area contributed by atoms with Gasteiger partial charge in [0.05, 0.1) is 28.6 Å². The van der Waals surface area contributed by atoms with Crippen LogP contribution < -0.4 is 0 Å². The molecule has 23 heavy (non-hydrogen) atoms. The van der Waals surface area contributed by atoms with Gasteiger partial charge in [-0.05, 0) is 30.3 Å². The van der Waals surface area contributed by atoms with Crippen LogP contribution in [0.2, 0.25) is 15.2 Å². The Balaban J connectivity index is 2.03. The van der Waals surface area contributed by atoms with Gasteiger partial charge in [-0.3, -0.25) is 0 Å². The Morgan fingerprint density at radius 1 is 1.17 bits per heavy atom. The second-order valence-electron chi connectivity index (χ2n) is 5.12. The Labute approximate surface area is 145 Å². The fraction of sp³-hybridized carbons (Fsp3) is 0.0667. The van der Waals surface area contributed by atoms with Gasteiger partial charge in [-0.25, -0.2) is 9.48 Å². The molecule has 0 saturated heterocycles. The molecule has 0 unspecified atom stereocenters. The molecule has 0 bridgehead atoms. The van der Waals surface area contributed by atoms with E-state index in [0.29, 0.717) is 38.7 Å². The minimum absolute atomic E-state index is 0.00853. The summed E-state index contributed by atoms with van der Waals surface area (Å²) in [5, 5.41) is 15.1. The molecule has 3 aromatic rings. The van der Waals surface area contributed by atoms with E-state index in [1.54, 1.807) is 24.3 Å². The fourth-order valence-corrected chi connectivity index (χ4v) is 3.53. The predicted octanol–water partition coefficient (Wildman–Crippen LogP) is 4.36. The van der Waals surface area contributed by atoms with Crippen molar-refractivity contribution < 1.29 is 9.90 Å². The van der Waals surface area contributed by atoms with Crippen molar-refractivity contribution in [3.63, 3.8) is 0 Å². The van der Waals surface area contributed by atoms with E-state index in [4.69, 9.17) is 34.8 Å². The number of benzene rings is 1. The third kappa shape index (κ3) is 2.08. The molecular weight excluding hydrogens is 361 g/mol. The van der Waals surface area contributed by atoms with E-state index in [2.05, 4.69) is 5.10 Å². The molecule has 0 radical (unpaired) electrons. The van der Waals surface area contributed by atoms with Crippen LogP contribution in [0, 0.1) is 0 Å². The number of carboxylic acid groups (broad SMARTS) is 1. The number of carbonyl (C=O) groups is 1. The van der Waals surface area contributed by atoms with E-state index in [9.17, 15) is 9.90 Å². The number of nitrogens with zero attached hydrogens (tertiary/aromatic N) is 3. The molecule has 0 atom stereocenters. The lowest BCUT2D eigenvalue weighted by Gasteiger charge is -2.08. The van der Waals surface area contributed by atoms with Gasteiger partial charge in [0.2, 0.25) is 0 Å². The molecule has 0 spiro atoms. The summed E-state index contributed by atoms with van der Waals surface area (Å²) in [6, 6.07) is 8.58. The molecule has 1 N–H and O–H groups in total. The van der Waals surface area contributed by atoms with Crippen molar-refractivity contribution in [2.75, 3.05) is 0 Å². The summed E-state index contributed by atoms with van der Waals surface area (Å²) in [5.41, 5.74) is 2.65. The van der Waals surface area contributed by atoms with Gasteiger partial charge in [0.15, 0.2) is 5.69 Å². The van der Waals surface area contributed by atoms with Gasteiger partial charge >= 0.3 is 5.97 Å². The average Bonchev–Trinajstić information content (AvgIpc) is 3.11. The van der Waals surface area contributed by atoms with Crippen molar-refractivity contribution in [3.05, 3.63) is 56.8 Å². The van der Waals surface area contributed by atoms with Crippen LogP contribution in [0.15, 0.2) is 30.3 Å². The van der Waals surface area contributed by atoms with Crippen LogP contribution in [0.3, 0.4) is 0 Å². The van der Waals surface area contributed by atoms with Gasteiger partial charge in [-0.15, -0.1) is 0 Å². The second kappa shape index (κ2) is 5.03. The van der Waals surface area contributed by atoms with E-state index in [-0.39, 0.29) is 5.69 Å². The number of halogens is 3. The lowest BCUT2D eigenvalue weighted by molar-refractivity contribution is 0.0688. The zero-order chi connectivity index (χ0) is 16.3. The van der Waals surface area contributed by atoms with Crippen molar-refractivity contribution in [2.24, 2.45) is 0 Å². The summed E-state index contributed by atoms with van der Waals surface area (Å²) in [5.74, 6) is -1.09. The zero-order valence-corrected chi connectivity index (χ0v) is 13.7. The van der Waals surface area contributed by atoms with E-state index in [0.717, 1.165) is 5.69 Å². The molecule has 0 amide bonds. The number of fused-ring (bicyclic) bond motifs is 3. The van der Waals surface area contributed by atoms with Crippen LogP contribution in [0.1, 0.15) is 16.1 Å². The number of hydrogen-bond acceptors (Lipinski definition) is 2. The van der Waals surface area contributed by atoms with Crippen LogP contribution in [-0.2, 0) is 6.54 Å². The minimum atomic E-state index is -1.09. The first-order valence-corrected chi connectivity index (χ1v) is 7.77. The SMILES string of the molecule is O=C(O)c1nn(-c2ccc(Cl)cc2Cl)c2c1Cn1c(Cl)ccc1-2. The predicted molar refractivity (Wildman–Crippen MR) is 88.1 cm³/mol. The summed E-state index contributed by atoms with van der Waals surface area (Å²) in [6.45, 7) is 0.364. The quantitative estimate of drug-likeness (QED) is 0.572.